The third-order valence-electron chi connectivity index (χ3n) is 7.95. The molecule has 1 heterocycles. The summed E-state index contributed by atoms with van der Waals surface area (Å²) in [6.07, 6.45) is 1.57. The fourth-order valence-corrected chi connectivity index (χ4v) is 5.37. The van der Waals surface area contributed by atoms with Crippen molar-refractivity contribution in [1.29, 1.82) is 0 Å². The highest BCUT2D eigenvalue weighted by Gasteiger charge is 2.50. The number of carbonyl (C=O) groups excluding carboxylic acids is 2. The molecule has 2 N–H and O–H groups in total. The van der Waals surface area contributed by atoms with Gasteiger partial charge in [0.05, 0.1) is 12.7 Å². The smallest absolute Gasteiger partial charge is 0.416 e. The molecule has 212 valence electrons. The number of carbonyl (C=O) groups is 2. The molecule has 1 saturated heterocycles. The Morgan fingerprint density at radius 1 is 1.03 bits per heavy atom. The van der Waals surface area contributed by atoms with E-state index >= 15 is 0 Å². The Morgan fingerprint density at radius 2 is 1.69 bits per heavy atom. The van der Waals surface area contributed by atoms with Crippen LogP contribution in [0.1, 0.15) is 79.3 Å². The molecule has 2 aliphatic rings. The van der Waals surface area contributed by atoms with Crippen molar-refractivity contribution in [2.45, 2.75) is 75.5 Å². The van der Waals surface area contributed by atoms with Crippen molar-refractivity contribution in [1.82, 2.24) is 15.5 Å². The number of alkyl halides is 3. The van der Waals surface area contributed by atoms with Crippen molar-refractivity contribution in [3.63, 3.8) is 0 Å². The second kappa shape index (κ2) is 12.4. The molecular weight excluding hydrogens is 507 g/mol. The zero-order chi connectivity index (χ0) is 28.0. The fraction of sp³-hybridized carbons (Fsp3) is 0.533. The van der Waals surface area contributed by atoms with Crippen LogP contribution >= 0.6 is 0 Å². The number of nitrogens with one attached hydrogen (secondary N) is 2. The fourth-order valence-electron chi connectivity index (χ4n) is 5.37. The number of piperidine rings is 1. The summed E-state index contributed by atoms with van der Waals surface area (Å²) in [5.74, 6) is 0.634. The molecule has 2 fully saturated rings. The molecule has 2 aromatic rings. The van der Waals surface area contributed by atoms with E-state index in [-0.39, 0.29) is 17.0 Å². The molecule has 9 heteroatoms. The third-order valence-corrected chi connectivity index (χ3v) is 7.95. The Balaban J connectivity index is 1.29. The van der Waals surface area contributed by atoms with Crippen LogP contribution in [0.15, 0.2) is 48.5 Å². The van der Waals surface area contributed by atoms with Gasteiger partial charge in [-0.25, -0.2) is 0 Å². The molecule has 1 aliphatic carbocycles. The van der Waals surface area contributed by atoms with Crippen molar-refractivity contribution in [3.05, 3.63) is 65.2 Å². The minimum Gasteiger partial charge on any atom is -0.497 e. The summed E-state index contributed by atoms with van der Waals surface area (Å²) in [4.78, 5) is 27.9. The molecule has 0 aromatic heterocycles. The van der Waals surface area contributed by atoms with Gasteiger partial charge in [-0.15, -0.1) is 0 Å². The van der Waals surface area contributed by atoms with E-state index < -0.39 is 23.7 Å². The first kappa shape index (κ1) is 28.9. The Kier molecular flexibility index (Phi) is 9.20. The van der Waals surface area contributed by atoms with Crippen LogP contribution in [0, 0.1) is 0 Å². The Hall–Kier alpha value is -3.07. The summed E-state index contributed by atoms with van der Waals surface area (Å²) in [7, 11) is 1.66. The standard InChI is InChI=1S/C30H38F3N3O3/c1-29(20-25(29)21-11-15-24(39-2)16-12-21)34-17-5-4-8-26(28(38)36-18-6-3-7-19-36)35-27(37)22-9-13-23(14-10-22)30(31,32)33/h9-16,25-26,34H,3-8,17-20H2,1-2H3,(H,35,37)/t25-,26-,29+/m0/s1. The molecule has 4 rings (SSSR count). The van der Waals surface area contributed by atoms with Crippen LogP contribution in [-0.2, 0) is 11.0 Å². The zero-order valence-electron chi connectivity index (χ0n) is 22.7. The number of unbranched alkanes of at least 4 members (excludes halogenated alkanes) is 1. The Morgan fingerprint density at radius 3 is 2.31 bits per heavy atom. The molecule has 1 saturated carbocycles. The molecule has 0 spiro atoms. The molecular formula is C30H38F3N3O3. The molecule has 0 radical (unpaired) electrons. The van der Waals surface area contributed by atoms with Crippen LogP contribution < -0.4 is 15.4 Å². The lowest BCUT2D eigenvalue weighted by Gasteiger charge is -2.31. The van der Waals surface area contributed by atoms with E-state index in [0.29, 0.717) is 25.4 Å². The molecule has 39 heavy (non-hydrogen) atoms. The number of likely N-dealkylation sites (tertiary alicyclic amines) is 1. The monoisotopic (exact) mass is 545 g/mol. The molecule has 1 aliphatic heterocycles. The number of methoxy groups -OCH3 is 1. The van der Waals surface area contributed by atoms with Gasteiger partial charge in [-0.3, -0.25) is 9.59 Å². The molecule has 0 unspecified atom stereocenters. The highest BCUT2D eigenvalue weighted by atomic mass is 19.4. The number of halogens is 3. The lowest BCUT2D eigenvalue weighted by molar-refractivity contribution is -0.137. The summed E-state index contributed by atoms with van der Waals surface area (Å²) in [5.41, 5.74) is 0.608. The maximum absolute atomic E-state index is 13.3. The normalized spacial score (nSPS) is 21.8. The van der Waals surface area contributed by atoms with Crippen LogP contribution in [0.4, 0.5) is 13.2 Å². The van der Waals surface area contributed by atoms with Gasteiger partial charge >= 0.3 is 6.18 Å². The molecule has 0 bridgehead atoms. The predicted molar refractivity (Wildman–Crippen MR) is 144 cm³/mol. The summed E-state index contributed by atoms with van der Waals surface area (Å²) >= 11 is 0. The van der Waals surface area contributed by atoms with E-state index in [9.17, 15) is 22.8 Å². The number of hydrogen-bond acceptors (Lipinski definition) is 4. The lowest BCUT2D eigenvalue weighted by Crippen LogP contribution is -2.50. The number of ether oxygens (including phenoxy) is 1. The number of rotatable bonds is 11. The number of hydrogen-bond donors (Lipinski definition) is 2. The molecule has 2 amide bonds. The van der Waals surface area contributed by atoms with E-state index in [0.717, 1.165) is 75.1 Å². The van der Waals surface area contributed by atoms with Crippen molar-refractivity contribution >= 4 is 11.8 Å². The molecule has 2 aromatic carbocycles. The number of amides is 2. The zero-order valence-corrected chi connectivity index (χ0v) is 22.7. The molecule has 3 atom stereocenters. The van der Waals surface area contributed by atoms with Gasteiger partial charge in [-0.05, 0) is 100 Å². The lowest BCUT2D eigenvalue weighted by atomic mass is 10.0. The van der Waals surface area contributed by atoms with Crippen molar-refractivity contribution in [2.75, 3.05) is 26.7 Å². The second-order valence-corrected chi connectivity index (χ2v) is 10.9. The quantitative estimate of drug-likeness (QED) is 0.364. The topological polar surface area (TPSA) is 70.7 Å². The Bertz CT molecular complexity index is 1120. The first-order valence-corrected chi connectivity index (χ1v) is 13.8. The summed E-state index contributed by atoms with van der Waals surface area (Å²) in [6.45, 7) is 4.34. The van der Waals surface area contributed by atoms with Crippen molar-refractivity contribution < 1.29 is 27.5 Å². The minimum atomic E-state index is -4.47. The van der Waals surface area contributed by atoms with Gasteiger partial charge in [0, 0.05) is 30.1 Å². The summed E-state index contributed by atoms with van der Waals surface area (Å²) in [5, 5.41) is 6.46. The number of nitrogens with zero attached hydrogens (tertiary/aromatic N) is 1. The first-order valence-electron chi connectivity index (χ1n) is 13.8. The van der Waals surface area contributed by atoms with E-state index in [1.807, 2.05) is 12.1 Å². The van der Waals surface area contributed by atoms with E-state index in [2.05, 4.69) is 29.7 Å². The van der Waals surface area contributed by atoms with Gasteiger partial charge in [-0.2, -0.15) is 13.2 Å². The highest BCUT2D eigenvalue weighted by Crippen LogP contribution is 2.51. The van der Waals surface area contributed by atoms with Gasteiger partial charge < -0.3 is 20.3 Å². The SMILES string of the molecule is COc1ccc([C@@H]2C[C@@]2(C)NCCCC[C@H](NC(=O)c2ccc(C(F)(F)F)cc2)C(=O)N2CCCCC2)cc1. The minimum absolute atomic E-state index is 0.0361. The average molecular weight is 546 g/mol. The summed E-state index contributed by atoms with van der Waals surface area (Å²) < 4.78 is 43.9. The number of benzene rings is 2. The van der Waals surface area contributed by atoms with Gasteiger partial charge in [0.25, 0.3) is 5.91 Å². The van der Waals surface area contributed by atoms with Crippen LogP contribution in [-0.4, -0.2) is 55.0 Å². The third kappa shape index (κ3) is 7.53. The maximum Gasteiger partial charge on any atom is 0.416 e. The van der Waals surface area contributed by atoms with Gasteiger partial charge in [0.15, 0.2) is 0 Å². The van der Waals surface area contributed by atoms with Crippen LogP contribution in [0.2, 0.25) is 0 Å². The van der Waals surface area contributed by atoms with Gasteiger partial charge in [0.1, 0.15) is 11.8 Å². The van der Waals surface area contributed by atoms with Crippen LogP contribution in [0.3, 0.4) is 0 Å². The molecule has 6 nitrogen and oxygen atoms in total. The average Bonchev–Trinajstić information content (AvgIpc) is 3.62. The highest BCUT2D eigenvalue weighted by molar-refractivity contribution is 5.97. The maximum atomic E-state index is 13.3. The Labute approximate surface area is 228 Å². The first-order chi connectivity index (χ1) is 18.6. The largest absolute Gasteiger partial charge is 0.497 e. The van der Waals surface area contributed by atoms with Gasteiger partial charge in [-0.1, -0.05) is 12.1 Å². The van der Waals surface area contributed by atoms with Gasteiger partial charge in [0.2, 0.25) is 5.91 Å². The second-order valence-electron chi connectivity index (χ2n) is 10.9. The summed E-state index contributed by atoms with van der Waals surface area (Å²) in [6, 6.07) is 11.5. The van der Waals surface area contributed by atoms with E-state index in [4.69, 9.17) is 4.74 Å². The van der Waals surface area contributed by atoms with E-state index in [1.54, 1.807) is 12.0 Å². The van der Waals surface area contributed by atoms with Crippen molar-refractivity contribution in [2.24, 2.45) is 0 Å². The van der Waals surface area contributed by atoms with Crippen LogP contribution in [0.25, 0.3) is 0 Å². The predicted octanol–water partition coefficient (Wildman–Crippen LogP) is 5.53. The van der Waals surface area contributed by atoms with Crippen LogP contribution in [0.5, 0.6) is 5.75 Å². The van der Waals surface area contributed by atoms with Crippen molar-refractivity contribution in [3.8, 4) is 5.75 Å². The van der Waals surface area contributed by atoms with E-state index in [1.165, 1.54) is 5.56 Å².